The Hall–Kier alpha value is -3.36. The number of amides is 3. The third kappa shape index (κ3) is 4.76. The number of fused-ring (bicyclic) bond motifs is 3. The van der Waals surface area contributed by atoms with Gasteiger partial charge in [-0.15, -0.1) is 0 Å². The van der Waals surface area contributed by atoms with Crippen molar-refractivity contribution in [1.82, 2.24) is 10.6 Å². The van der Waals surface area contributed by atoms with Crippen LogP contribution in [0.2, 0.25) is 0 Å². The number of nitrogens with one attached hydrogen (secondary N) is 2. The second kappa shape index (κ2) is 8.64. The lowest BCUT2D eigenvalue weighted by atomic mass is 9.79. The molecule has 0 radical (unpaired) electrons. The van der Waals surface area contributed by atoms with Crippen LogP contribution in [0.25, 0.3) is 6.08 Å². The minimum absolute atomic E-state index is 0.0404. The number of aliphatic imine (C=N–C) groups is 1. The van der Waals surface area contributed by atoms with Gasteiger partial charge in [-0.3, -0.25) is 14.9 Å². The van der Waals surface area contributed by atoms with Crippen LogP contribution in [-0.4, -0.2) is 42.4 Å². The van der Waals surface area contributed by atoms with E-state index in [2.05, 4.69) is 15.6 Å². The van der Waals surface area contributed by atoms with Gasteiger partial charge in [0, 0.05) is 23.5 Å². The smallest absolute Gasteiger partial charge is 0.407 e. The van der Waals surface area contributed by atoms with Gasteiger partial charge in [0.25, 0.3) is 0 Å². The lowest BCUT2D eigenvalue weighted by molar-refractivity contribution is -0.134. The third-order valence-corrected chi connectivity index (χ3v) is 5.40. The van der Waals surface area contributed by atoms with E-state index in [-0.39, 0.29) is 24.3 Å². The maximum atomic E-state index is 12.4. The zero-order valence-electron chi connectivity index (χ0n) is 18.4. The molecule has 9 nitrogen and oxygen atoms in total. The molecule has 170 valence electrons. The molecule has 1 aromatic rings. The summed E-state index contributed by atoms with van der Waals surface area (Å²) in [5, 5.41) is 5.06. The molecule has 2 N–H and O–H groups in total. The van der Waals surface area contributed by atoms with Crippen molar-refractivity contribution in [2.45, 2.75) is 57.5 Å². The standard InChI is InChI=1S/C23H27N3O6/c1-23(2,3)32-22(29)24-10-11-30-19-9-5-14-16(25-19)6-7-17-20(14)15(12-31-17)13-4-8-18(27)26-21(13)28/h6-7,9,12-14H,4-5,8,10-11H2,1-3H3,(H,24,29)(H,26,27,28)/t13-,14?/m1/s1. The van der Waals surface area contributed by atoms with Gasteiger partial charge in [0.15, 0.2) is 0 Å². The Morgan fingerprint density at radius 3 is 2.84 bits per heavy atom. The summed E-state index contributed by atoms with van der Waals surface area (Å²) in [6, 6.07) is 0. The van der Waals surface area contributed by atoms with E-state index in [1.807, 2.05) is 18.2 Å². The SMILES string of the molecule is CC(C)(C)OC(=O)NCCOC1=CCC2C(=N1)C=Cc1occ([C@H]3CCC(=O)NC3=O)c12. The highest BCUT2D eigenvalue weighted by atomic mass is 16.6. The summed E-state index contributed by atoms with van der Waals surface area (Å²) in [5.74, 6) is 0.226. The van der Waals surface area contributed by atoms with Crippen LogP contribution in [0.1, 0.15) is 68.8 Å². The molecule has 2 atom stereocenters. The van der Waals surface area contributed by atoms with Gasteiger partial charge < -0.3 is 19.2 Å². The van der Waals surface area contributed by atoms with E-state index >= 15 is 0 Å². The van der Waals surface area contributed by atoms with Crippen molar-refractivity contribution < 1.29 is 28.3 Å². The summed E-state index contributed by atoms with van der Waals surface area (Å²) in [7, 11) is 0. The Labute approximate surface area is 185 Å². The Morgan fingerprint density at radius 2 is 2.09 bits per heavy atom. The van der Waals surface area contributed by atoms with E-state index in [1.165, 1.54) is 0 Å². The first kappa shape index (κ1) is 21.9. The minimum atomic E-state index is -0.552. The molecule has 1 unspecified atom stereocenters. The zero-order valence-corrected chi connectivity index (χ0v) is 18.4. The second-order valence-electron chi connectivity index (χ2n) is 8.95. The number of hydrogen-bond acceptors (Lipinski definition) is 7. The fourth-order valence-corrected chi connectivity index (χ4v) is 4.04. The van der Waals surface area contributed by atoms with E-state index < -0.39 is 17.6 Å². The third-order valence-electron chi connectivity index (χ3n) is 5.40. The number of nitrogens with zero attached hydrogens (tertiary/aromatic N) is 1. The molecular weight excluding hydrogens is 414 g/mol. The highest BCUT2D eigenvalue weighted by Gasteiger charge is 2.36. The van der Waals surface area contributed by atoms with Crippen LogP contribution in [0.15, 0.2) is 33.7 Å². The molecule has 0 spiro atoms. The number of rotatable bonds is 5. The normalized spacial score (nSPS) is 22.2. The number of alkyl carbamates (subject to hydrolysis) is 1. The lowest BCUT2D eigenvalue weighted by Gasteiger charge is -2.27. The topological polar surface area (TPSA) is 119 Å². The molecule has 2 aliphatic heterocycles. The molecule has 1 saturated heterocycles. The van der Waals surface area contributed by atoms with Crippen LogP contribution in [-0.2, 0) is 19.1 Å². The van der Waals surface area contributed by atoms with Crippen LogP contribution in [0.5, 0.6) is 0 Å². The van der Waals surface area contributed by atoms with E-state index in [1.54, 1.807) is 27.0 Å². The number of furan rings is 1. The Bertz CT molecular complexity index is 1030. The number of hydrogen-bond donors (Lipinski definition) is 2. The van der Waals surface area contributed by atoms with Crippen LogP contribution < -0.4 is 10.6 Å². The summed E-state index contributed by atoms with van der Waals surface area (Å²) >= 11 is 0. The van der Waals surface area contributed by atoms with Crippen LogP contribution in [0, 0.1) is 0 Å². The number of ether oxygens (including phenoxy) is 2. The van der Waals surface area contributed by atoms with Crippen molar-refractivity contribution in [2.24, 2.45) is 4.99 Å². The quantitative estimate of drug-likeness (QED) is 0.535. The van der Waals surface area contributed by atoms with Gasteiger partial charge in [0.1, 0.15) is 18.0 Å². The minimum Gasteiger partial charge on any atom is -0.476 e. The highest BCUT2D eigenvalue weighted by Crippen LogP contribution is 2.41. The molecule has 3 heterocycles. The van der Waals surface area contributed by atoms with Crippen molar-refractivity contribution >= 4 is 29.7 Å². The van der Waals surface area contributed by atoms with Crippen LogP contribution in [0.3, 0.4) is 0 Å². The summed E-state index contributed by atoms with van der Waals surface area (Å²) < 4.78 is 16.6. The second-order valence-corrected chi connectivity index (χ2v) is 8.95. The lowest BCUT2D eigenvalue weighted by Crippen LogP contribution is -2.39. The fourth-order valence-electron chi connectivity index (χ4n) is 4.04. The van der Waals surface area contributed by atoms with Gasteiger partial charge in [0.2, 0.25) is 17.7 Å². The molecule has 0 aromatic carbocycles. The molecule has 9 heteroatoms. The molecule has 0 bridgehead atoms. The first-order chi connectivity index (χ1) is 15.2. The molecular formula is C23H27N3O6. The van der Waals surface area contributed by atoms with Crippen molar-refractivity contribution in [3.63, 3.8) is 0 Å². The molecule has 3 amide bonds. The Morgan fingerprint density at radius 1 is 1.28 bits per heavy atom. The Kier molecular flexibility index (Phi) is 5.90. The summed E-state index contributed by atoms with van der Waals surface area (Å²) in [4.78, 5) is 40.2. The Balaban J connectivity index is 1.38. The van der Waals surface area contributed by atoms with Gasteiger partial charge in [-0.1, -0.05) is 0 Å². The van der Waals surface area contributed by atoms with E-state index in [0.29, 0.717) is 37.5 Å². The molecule has 1 fully saturated rings. The van der Waals surface area contributed by atoms with Crippen molar-refractivity contribution in [1.29, 1.82) is 0 Å². The largest absolute Gasteiger partial charge is 0.476 e. The van der Waals surface area contributed by atoms with E-state index in [0.717, 1.165) is 16.8 Å². The summed E-state index contributed by atoms with van der Waals surface area (Å²) in [6.07, 6.45) is 8.18. The number of carbonyl (C=O) groups is 3. The number of allylic oxidation sites excluding steroid dienone is 2. The molecule has 3 aliphatic rings. The van der Waals surface area contributed by atoms with E-state index in [9.17, 15) is 14.4 Å². The molecule has 0 saturated carbocycles. The summed E-state index contributed by atoms with van der Waals surface area (Å²) in [5.41, 5.74) is 2.03. The fraction of sp³-hybridized carbons (Fsp3) is 0.478. The molecule has 1 aliphatic carbocycles. The predicted octanol–water partition coefficient (Wildman–Crippen LogP) is 3.14. The maximum Gasteiger partial charge on any atom is 0.407 e. The van der Waals surface area contributed by atoms with Gasteiger partial charge in [-0.2, -0.15) is 0 Å². The van der Waals surface area contributed by atoms with Gasteiger partial charge >= 0.3 is 6.09 Å². The van der Waals surface area contributed by atoms with E-state index in [4.69, 9.17) is 13.9 Å². The van der Waals surface area contributed by atoms with Gasteiger partial charge in [-0.25, -0.2) is 9.79 Å². The number of imide groups is 1. The van der Waals surface area contributed by atoms with Gasteiger partial charge in [-0.05, 0) is 51.8 Å². The number of carbonyl (C=O) groups excluding carboxylic acids is 3. The van der Waals surface area contributed by atoms with Crippen molar-refractivity contribution in [3.05, 3.63) is 41.2 Å². The first-order valence-electron chi connectivity index (χ1n) is 10.7. The van der Waals surface area contributed by atoms with Crippen LogP contribution in [0.4, 0.5) is 4.79 Å². The van der Waals surface area contributed by atoms with Crippen molar-refractivity contribution in [3.8, 4) is 0 Å². The predicted molar refractivity (Wildman–Crippen MR) is 116 cm³/mol. The first-order valence-corrected chi connectivity index (χ1v) is 10.7. The van der Waals surface area contributed by atoms with Crippen LogP contribution >= 0.6 is 0 Å². The molecule has 32 heavy (non-hydrogen) atoms. The monoisotopic (exact) mass is 441 g/mol. The average molecular weight is 441 g/mol. The average Bonchev–Trinajstić information content (AvgIpc) is 3.14. The number of piperidine rings is 1. The highest BCUT2D eigenvalue weighted by molar-refractivity contribution is 6.07. The summed E-state index contributed by atoms with van der Waals surface area (Å²) in [6.45, 7) is 5.96. The van der Waals surface area contributed by atoms with Gasteiger partial charge in [0.05, 0.1) is 24.4 Å². The molecule has 1 aromatic heterocycles. The molecule has 4 rings (SSSR count). The maximum absolute atomic E-state index is 12.4. The zero-order chi connectivity index (χ0) is 22.9. The van der Waals surface area contributed by atoms with Crippen molar-refractivity contribution in [2.75, 3.05) is 13.2 Å².